The Bertz CT molecular complexity index is 948. The molecule has 1 aromatic heterocycles. The molecule has 2 heterocycles. The zero-order valence-electron chi connectivity index (χ0n) is 14.0. The number of carbonyl (C=O) groups is 1. The number of halogens is 1. The van der Waals surface area contributed by atoms with Gasteiger partial charge >= 0.3 is 0 Å². The number of hydrogen-bond acceptors (Lipinski definition) is 2. The number of benzene rings is 2. The fourth-order valence-electron chi connectivity index (χ4n) is 3.47. The molecular weight excluding hydrogens is 380 g/mol. The van der Waals surface area contributed by atoms with E-state index in [0.29, 0.717) is 13.0 Å². The van der Waals surface area contributed by atoms with Crippen molar-refractivity contribution in [3.05, 3.63) is 63.8 Å². The predicted molar refractivity (Wildman–Crippen MR) is 102 cm³/mol. The van der Waals surface area contributed by atoms with E-state index in [0.717, 1.165) is 39.7 Å². The molecule has 5 heteroatoms. The highest BCUT2D eigenvalue weighted by Gasteiger charge is 2.24. The fraction of sp³-hybridized carbons (Fsp3) is 0.250. The van der Waals surface area contributed by atoms with E-state index in [2.05, 4.69) is 20.9 Å². The van der Waals surface area contributed by atoms with Crippen LogP contribution in [0.1, 0.15) is 16.8 Å². The van der Waals surface area contributed by atoms with Crippen molar-refractivity contribution in [3.8, 4) is 5.75 Å². The van der Waals surface area contributed by atoms with Crippen molar-refractivity contribution in [2.45, 2.75) is 19.4 Å². The van der Waals surface area contributed by atoms with Gasteiger partial charge in [-0.15, -0.1) is 0 Å². The van der Waals surface area contributed by atoms with E-state index < -0.39 is 0 Å². The third kappa shape index (κ3) is 3.16. The highest BCUT2D eigenvalue weighted by molar-refractivity contribution is 9.10. The molecule has 4 nitrogen and oxygen atoms in total. The summed E-state index contributed by atoms with van der Waals surface area (Å²) >= 11 is 3.46. The number of rotatable bonds is 3. The summed E-state index contributed by atoms with van der Waals surface area (Å²) in [5, 5.41) is 1.15. The molecule has 0 atom stereocenters. The molecule has 25 heavy (non-hydrogen) atoms. The second-order valence-corrected chi connectivity index (χ2v) is 7.28. The van der Waals surface area contributed by atoms with Crippen LogP contribution in [-0.4, -0.2) is 29.4 Å². The number of amides is 1. The lowest BCUT2D eigenvalue weighted by Crippen LogP contribution is -2.36. The largest absolute Gasteiger partial charge is 0.497 e. The molecule has 0 unspecified atom stereocenters. The lowest BCUT2D eigenvalue weighted by molar-refractivity contribution is -0.131. The third-order valence-corrected chi connectivity index (χ3v) is 5.27. The lowest BCUT2D eigenvalue weighted by atomic mass is 10.0. The molecule has 2 aromatic carbocycles. The van der Waals surface area contributed by atoms with E-state index in [4.69, 9.17) is 4.74 Å². The SMILES string of the molecule is COc1ccc2[nH]c3c(c2c1)CN(C(=O)Cc1cccc(Br)c1)CC3. The summed E-state index contributed by atoms with van der Waals surface area (Å²) in [6, 6.07) is 14.0. The third-order valence-electron chi connectivity index (χ3n) is 4.78. The van der Waals surface area contributed by atoms with Gasteiger partial charge in [-0.1, -0.05) is 28.1 Å². The molecule has 0 radical (unpaired) electrons. The van der Waals surface area contributed by atoms with Gasteiger partial charge in [0.25, 0.3) is 0 Å². The zero-order valence-corrected chi connectivity index (χ0v) is 15.6. The van der Waals surface area contributed by atoms with Crippen LogP contribution in [0.4, 0.5) is 0 Å². The maximum atomic E-state index is 12.7. The Morgan fingerprint density at radius 1 is 1.28 bits per heavy atom. The lowest BCUT2D eigenvalue weighted by Gasteiger charge is -2.27. The Balaban J connectivity index is 1.58. The molecular formula is C20H19BrN2O2. The number of ether oxygens (including phenoxy) is 1. The first-order valence-corrected chi connectivity index (χ1v) is 9.13. The van der Waals surface area contributed by atoms with Gasteiger partial charge in [0.2, 0.25) is 5.91 Å². The Hall–Kier alpha value is -2.27. The summed E-state index contributed by atoms with van der Waals surface area (Å²) in [4.78, 5) is 18.2. The van der Waals surface area contributed by atoms with Crippen molar-refractivity contribution >= 4 is 32.7 Å². The topological polar surface area (TPSA) is 45.3 Å². The Kier molecular flexibility index (Phi) is 4.25. The number of fused-ring (bicyclic) bond motifs is 3. The van der Waals surface area contributed by atoms with Gasteiger partial charge in [-0.25, -0.2) is 0 Å². The van der Waals surface area contributed by atoms with Gasteiger partial charge in [0.05, 0.1) is 13.5 Å². The second kappa shape index (κ2) is 6.56. The number of nitrogens with zero attached hydrogens (tertiary/aromatic N) is 1. The molecule has 1 amide bonds. The highest BCUT2D eigenvalue weighted by atomic mass is 79.9. The Morgan fingerprint density at radius 3 is 2.96 bits per heavy atom. The standard InChI is InChI=1S/C20H19BrN2O2/c1-25-15-5-6-18-16(11-15)17-12-23(8-7-19(17)22-18)20(24)10-13-3-2-4-14(21)9-13/h2-6,9,11,22H,7-8,10,12H2,1H3. The van der Waals surface area contributed by atoms with Gasteiger partial charge < -0.3 is 14.6 Å². The Morgan fingerprint density at radius 2 is 2.16 bits per heavy atom. The van der Waals surface area contributed by atoms with E-state index >= 15 is 0 Å². The number of H-pyrrole nitrogens is 1. The highest BCUT2D eigenvalue weighted by Crippen LogP contribution is 2.30. The molecule has 0 saturated heterocycles. The molecule has 128 valence electrons. The molecule has 1 aliphatic heterocycles. The number of aromatic nitrogens is 1. The summed E-state index contributed by atoms with van der Waals surface area (Å²) < 4.78 is 6.35. The molecule has 1 N–H and O–H groups in total. The van der Waals surface area contributed by atoms with Gasteiger partial charge in [0.1, 0.15) is 5.75 Å². The first-order valence-electron chi connectivity index (χ1n) is 8.34. The molecule has 0 aliphatic carbocycles. The molecule has 3 aromatic rings. The summed E-state index contributed by atoms with van der Waals surface area (Å²) in [5.41, 5.74) is 4.58. The Labute approximate surface area is 154 Å². The molecule has 0 fully saturated rings. The van der Waals surface area contributed by atoms with Crippen LogP contribution >= 0.6 is 15.9 Å². The monoisotopic (exact) mass is 398 g/mol. The minimum Gasteiger partial charge on any atom is -0.497 e. The number of carbonyl (C=O) groups excluding carboxylic acids is 1. The van der Waals surface area contributed by atoms with E-state index in [1.807, 2.05) is 47.4 Å². The normalized spacial score (nSPS) is 13.8. The van der Waals surface area contributed by atoms with E-state index in [1.54, 1.807) is 7.11 Å². The van der Waals surface area contributed by atoms with Crippen molar-refractivity contribution in [1.82, 2.24) is 9.88 Å². The van der Waals surface area contributed by atoms with Crippen LogP contribution in [0, 0.1) is 0 Å². The zero-order chi connectivity index (χ0) is 17.4. The average molecular weight is 399 g/mol. The van der Waals surface area contributed by atoms with Crippen molar-refractivity contribution in [2.24, 2.45) is 0 Å². The van der Waals surface area contributed by atoms with Gasteiger partial charge in [-0.3, -0.25) is 4.79 Å². The van der Waals surface area contributed by atoms with Crippen molar-refractivity contribution in [1.29, 1.82) is 0 Å². The minimum absolute atomic E-state index is 0.168. The summed E-state index contributed by atoms with van der Waals surface area (Å²) in [6.45, 7) is 1.40. The summed E-state index contributed by atoms with van der Waals surface area (Å²) in [6.07, 6.45) is 1.29. The fourth-order valence-corrected chi connectivity index (χ4v) is 3.91. The first kappa shape index (κ1) is 16.2. The van der Waals surface area contributed by atoms with E-state index in [9.17, 15) is 4.79 Å². The van der Waals surface area contributed by atoms with Crippen LogP contribution in [0.25, 0.3) is 10.9 Å². The van der Waals surface area contributed by atoms with Crippen LogP contribution in [0.15, 0.2) is 46.9 Å². The van der Waals surface area contributed by atoms with Gasteiger partial charge in [-0.05, 0) is 35.9 Å². The average Bonchev–Trinajstić information content (AvgIpc) is 2.98. The van der Waals surface area contributed by atoms with Crippen molar-refractivity contribution in [3.63, 3.8) is 0 Å². The van der Waals surface area contributed by atoms with E-state index in [1.165, 1.54) is 11.3 Å². The molecule has 0 bridgehead atoms. The quantitative estimate of drug-likeness (QED) is 0.722. The first-order chi connectivity index (χ1) is 12.1. The van der Waals surface area contributed by atoms with Crippen LogP contribution < -0.4 is 4.74 Å². The predicted octanol–water partition coefficient (Wildman–Crippen LogP) is 4.07. The maximum Gasteiger partial charge on any atom is 0.227 e. The van der Waals surface area contributed by atoms with Crippen LogP contribution in [0.2, 0.25) is 0 Å². The minimum atomic E-state index is 0.168. The summed E-state index contributed by atoms with van der Waals surface area (Å²) in [7, 11) is 1.67. The molecule has 0 spiro atoms. The second-order valence-electron chi connectivity index (χ2n) is 6.37. The smallest absolute Gasteiger partial charge is 0.227 e. The molecule has 4 rings (SSSR count). The number of methoxy groups -OCH3 is 1. The van der Waals surface area contributed by atoms with Crippen LogP contribution in [-0.2, 0) is 24.2 Å². The van der Waals surface area contributed by atoms with Crippen molar-refractivity contribution in [2.75, 3.05) is 13.7 Å². The van der Waals surface area contributed by atoms with Crippen LogP contribution in [0.5, 0.6) is 5.75 Å². The number of aromatic amines is 1. The van der Waals surface area contributed by atoms with Gasteiger partial charge in [0.15, 0.2) is 0 Å². The maximum absolute atomic E-state index is 12.7. The van der Waals surface area contributed by atoms with E-state index in [-0.39, 0.29) is 5.91 Å². The molecule has 0 saturated carbocycles. The van der Waals surface area contributed by atoms with Gasteiger partial charge in [-0.2, -0.15) is 0 Å². The van der Waals surface area contributed by atoms with Gasteiger partial charge in [0, 0.05) is 46.1 Å². The number of nitrogens with one attached hydrogen (secondary N) is 1. The van der Waals surface area contributed by atoms with Crippen molar-refractivity contribution < 1.29 is 9.53 Å². The summed E-state index contributed by atoms with van der Waals surface area (Å²) in [5.74, 6) is 1.01. The van der Waals surface area contributed by atoms with Crippen LogP contribution in [0.3, 0.4) is 0 Å². The number of hydrogen-bond donors (Lipinski definition) is 1. The molecule has 1 aliphatic rings.